The van der Waals surface area contributed by atoms with Crippen LogP contribution in [0.3, 0.4) is 0 Å². The summed E-state index contributed by atoms with van der Waals surface area (Å²) < 4.78 is 50.8. The van der Waals surface area contributed by atoms with Crippen LogP contribution in [-0.4, -0.2) is 24.1 Å². The van der Waals surface area contributed by atoms with E-state index in [-0.39, 0.29) is 5.69 Å². The van der Waals surface area contributed by atoms with Crippen molar-refractivity contribution < 1.29 is 13.2 Å². The van der Waals surface area contributed by atoms with Crippen molar-refractivity contribution in [2.75, 3.05) is 0 Å². The predicted molar refractivity (Wildman–Crippen MR) is 235 cm³/mol. The lowest BCUT2D eigenvalue weighted by molar-refractivity contribution is -0.137. The number of rotatable bonds is 6. The second kappa shape index (κ2) is 13.9. The van der Waals surface area contributed by atoms with E-state index < -0.39 is 11.7 Å². The minimum atomic E-state index is -4.69. The largest absolute Gasteiger partial charge is 0.418 e. The molecule has 0 atom stereocenters. The second-order valence-corrected chi connectivity index (χ2v) is 14.7. The zero-order chi connectivity index (χ0) is 40.4. The summed E-state index contributed by atoms with van der Waals surface area (Å²) in [5.41, 5.74) is 6.41. The van der Waals surface area contributed by atoms with Gasteiger partial charge in [-0.1, -0.05) is 146 Å². The Bertz CT molecular complexity index is 3260. The number of nitrogens with zero attached hydrogens (tertiary/aromatic N) is 5. The van der Waals surface area contributed by atoms with Gasteiger partial charge in [-0.05, 0) is 48.5 Å². The zero-order valence-corrected chi connectivity index (χ0v) is 31.8. The molecule has 0 N–H and O–H groups in total. The van der Waals surface area contributed by atoms with Gasteiger partial charge in [-0.25, -0.2) is 15.0 Å². The van der Waals surface area contributed by atoms with Gasteiger partial charge in [-0.15, -0.1) is 0 Å². The van der Waals surface area contributed by atoms with E-state index in [9.17, 15) is 0 Å². The van der Waals surface area contributed by atoms with E-state index in [1.807, 2.05) is 152 Å². The molecule has 0 spiro atoms. The maximum Gasteiger partial charge on any atom is 0.418 e. The van der Waals surface area contributed by atoms with E-state index in [0.717, 1.165) is 43.7 Å². The zero-order valence-electron chi connectivity index (χ0n) is 31.8. The topological polar surface area (TPSA) is 48.5 Å². The van der Waals surface area contributed by atoms with Crippen LogP contribution < -0.4 is 0 Å². The number of benzene rings is 8. The highest BCUT2D eigenvalue weighted by Crippen LogP contribution is 2.46. The van der Waals surface area contributed by atoms with Gasteiger partial charge in [0.2, 0.25) is 0 Å². The molecule has 286 valence electrons. The van der Waals surface area contributed by atoms with Crippen LogP contribution in [0.25, 0.3) is 100 Å². The summed E-state index contributed by atoms with van der Waals surface area (Å²) in [6.45, 7) is 0. The van der Waals surface area contributed by atoms with Gasteiger partial charge in [-0.3, -0.25) is 0 Å². The predicted octanol–water partition coefficient (Wildman–Crippen LogP) is 13.8. The monoisotopic (exact) mass is 783 g/mol. The third-order valence-corrected chi connectivity index (χ3v) is 11.2. The summed E-state index contributed by atoms with van der Waals surface area (Å²) in [6.07, 6.45) is -4.69. The molecule has 0 aliphatic carbocycles. The molecule has 3 heterocycles. The first-order chi connectivity index (χ1) is 29.4. The van der Waals surface area contributed by atoms with E-state index in [1.165, 1.54) is 12.1 Å². The number of alkyl halides is 3. The van der Waals surface area contributed by atoms with Crippen molar-refractivity contribution >= 4 is 43.6 Å². The first kappa shape index (κ1) is 35.3. The third kappa shape index (κ3) is 5.75. The quantitative estimate of drug-likeness (QED) is 0.169. The molecule has 0 aliphatic heterocycles. The smallest absolute Gasteiger partial charge is 0.309 e. The van der Waals surface area contributed by atoms with Crippen molar-refractivity contribution in [3.05, 3.63) is 200 Å². The maximum atomic E-state index is 15.6. The fourth-order valence-electron chi connectivity index (χ4n) is 8.60. The fourth-order valence-corrected chi connectivity index (χ4v) is 8.60. The lowest BCUT2D eigenvalue weighted by Gasteiger charge is -2.23. The van der Waals surface area contributed by atoms with Gasteiger partial charge in [0.1, 0.15) is 0 Å². The molecule has 0 saturated carbocycles. The lowest BCUT2D eigenvalue weighted by atomic mass is 9.95. The fraction of sp³-hybridized carbons (Fsp3) is 0.0192. The van der Waals surface area contributed by atoms with Crippen LogP contribution in [0.4, 0.5) is 13.2 Å². The van der Waals surface area contributed by atoms with Gasteiger partial charge in [0.25, 0.3) is 0 Å². The Kier molecular flexibility index (Phi) is 8.20. The van der Waals surface area contributed by atoms with Crippen LogP contribution >= 0.6 is 0 Å². The average molecular weight is 784 g/mol. The van der Waals surface area contributed by atoms with Crippen LogP contribution in [0.1, 0.15) is 5.56 Å². The van der Waals surface area contributed by atoms with Gasteiger partial charge in [0, 0.05) is 49.4 Å². The molecule has 60 heavy (non-hydrogen) atoms. The van der Waals surface area contributed by atoms with Gasteiger partial charge < -0.3 is 9.13 Å². The summed E-state index contributed by atoms with van der Waals surface area (Å²) >= 11 is 0. The molecule has 5 nitrogen and oxygen atoms in total. The van der Waals surface area contributed by atoms with Crippen molar-refractivity contribution in [2.45, 2.75) is 6.18 Å². The molecule has 0 radical (unpaired) electrons. The van der Waals surface area contributed by atoms with Crippen molar-refractivity contribution in [3.8, 4) is 56.7 Å². The summed E-state index contributed by atoms with van der Waals surface area (Å²) in [5, 5.41) is 3.79. The minimum absolute atomic E-state index is 0.0344. The number of fused-ring (bicyclic) bond motifs is 6. The first-order valence-electron chi connectivity index (χ1n) is 19.6. The van der Waals surface area contributed by atoms with Crippen molar-refractivity contribution in [1.29, 1.82) is 0 Å². The lowest BCUT2D eigenvalue weighted by Crippen LogP contribution is -2.12. The molecule has 8 heteroatoms. The Morgan fingerprint density at radius 3 is 1.23 bits per heavy atom. The summed E-state index contributed by atoms with van der Waals surface area (Å²) in [5.74, 6) is 1.36. The summed E-state index contributed by atoms with van der Waals surface area (Å²) in [6, 6.07) is 61.3. The SMILES string of the molecule is FC(F)(F)c1cccc(-c2cc(-c3nc(-c4ccccc4)nc(-c4ccccc4)n3)ccc2-n2c3ccccc3c3ccccc32)c1-n1c2ccccc2c2ccccc21. The molecule has 11 aromatic rings. The van der Waals surface area contributed by atoms with E-state index in [1.54, 1.807) is 10.6 Å². The van der Waals surface area contributed by atoms with Gasteiger partial charge in [0.15, 0.2) is 17.5 Å². The Hall–Kier alpha value is -7.84. The number of halogens is 3. The molecule has 0 saturated heterocycles. The highest BCUT2D eigenvalue weighted by atomic mass is 19.4. The normalized spacial score (nSPS) is 11.9. The Morgan fingerprint density at radius 2 is 0.767 bits per heavy atom. The highest BCUT2D eigenvalue weighted by Gasteiger charge is 2.36. The number of hydrogen-bond donors (Lipinski definition) is 0. The molecule has 11 rings (SSSR count). The molecular weight excluding hydrogens is 752 g/mol. The number of para-hydroxylation sites is 5. The minimum Gasteiger partial charge on any atom is -0.309 e. The molecule has 8 aromatic carbocycles. The Labute approximate surface area is 342 Å². The number of aromatic nitrogens is 5. The first-order valence-corrected chi connectivity index (χ1v) is 19.6. The third-order valence-electron chi connectivity index (χ3n) is 11.2. The summed E-state index contributed by atoms with van der Waals surface area (Å²) in [7, 11) is 0. The van der Waals surface area contributed by atoms with Gasteiger partial charge >= 0.3 is 6.18 Å². The van der Waals surface area contributed by atoms with E-state index in [4.69, 9.17) is 15.0 Å². The van der Waals surface area contributed by atoms with E-state index in [2.05, 4.69) is 28.8 Å². The maximum absolute atomic E-state index is 15.6. The number of hydrogen-bond acceptors (Lipinski definition) is 3. The highest BCUT2D eigenvalue weighted by molar-refractivity contribution is 6.11. The Balaban J connectivity index is 1.27. The van der Waals surface area contributed by atoms with Crippen LogP contribution in [0.2, 0.25) is 0 Å². The Morgan fingerprint density at radius 1 is 0.350 bits per heavy atom. The molecule has 0 fully saturated rings. The molecule has 0 amide bonds. The van der Waals surface area contributed by atoms with E-state index >= 15 is 13.2 Å². The van der Waals surface area contributed by atoms with Crippen molar-refractivity contribution in [2.24, 2.45) is 0 Å². The van der Waals surface area contributed by atoms with E-state index in [0.29, 0.717) is 50.9 Å². The van der Waals surface area contributed by atoms with Crippen LogP contribution in [0, 0.1) is 0 Å². The van der Waals surface area contributed by atoms with Gasteiger partial charge in [-0.2, -0.15) is 13.2 Å². The summed E-state index contributed by atoms with van der Waals surface area (Å²) in [4.78, 5) is 14.9. The van der Waals surface area contributed by atoms with Crippen LogP contribution in [0.5, 0.6) is 0 Å². The van der Waals surface area contributed by atoms with Crippen molar-refractivity contribution in [1.82, 2.24) is 24.1 Å². The average Bonchev–Trinajstić information content (AvgIpc) is 3.81. The molecule has 0 unspecified atom stereocenters. The van der Waals surface area contributed by atoms with Crippen LogP contribution in [0.15, 0.2) is 194 Å². The van der Waals surface area contributed by atoms with Crippen LogP contribution in [-0.2, 0) is 6.18 Å². The molecular formula is C52H32F3N5. The molecule has 0 aliphatic rings. The molecule has 3 aromatic heterocycles. The second-order valence-electron chi connectivity index (χ2n) is 14.7. The standard InChI is InChI=1S/C52H32F3N5/c53-52(54,55)42-25-15-24-40(48(42)60-45-28-13-9-22-38(45)39-23-10-14-29-46(39)60)41-32-35(30-31-47(41)59-43-26-11-7-20-36(43)37-21-8-12-27-44(37)59)51-57-49(33-16-3-1-4-17-33)56-50(58-51)34-18-5-2-6-19-34/h1-32H. The molecule has 0 bridgehead atoms. The van der Waals surface area contributed by atoms with Crippen molar-refractivity contribution in [3.63, 3.8) is 0 Å². The van der Waals surface area contributed by atoms with Gasteiger partial charge in [0.05, 0.1) is 39.0 Å².